The molecule has 156 valence electrons. The molecule has 0 radical (unpaired) electrons. The summed E-state index contributed by atoms with van der Waals surface area (Å²) in [6.45, 7) is 6.38. The van der Waals surface area contributed by atoms with Gasteiger partial charge in [0.2, 0.25) is 0 Å². The van der Waals surface area contributed by atoms with Crippen LogP contribution in [0.5, 0.6) is 0 Å². The average molecular weight is 393 g/mol. The van der Waals surface area contributed by atoms with Gasteiger partial charge in [-0.05, 0) is 45.6 Å². The molecule has 0 spiro atoms. The second kappa shape index (κ2) is 11.0. The Hall–Kier alpha value is -2.12. The highest BCUT2D eigenvalue weighted by Gasteiger charge is 2.26. The van der Waals surface area contributed by atoms with Gasteiger partial charge in [0, 0.05) is 13.0 Å². The van der Waals surface area contributed by atoms with Crippen LogP contribution in [0.1, 0.15) is 52.0 Å². The molecule has 1 aromatic carbocycles. The fourth-order valence-electron chi connectivity index (χ4n) is 2.69. The van der Waals surface area contributed by atoms with Gasteiger partial charge < -0.3 is 24.3 Å². The van der Waals surface area contributed by atoms with E-state index in [1.807, 2.05) is 30.3 Å². The molecule has 2 rings (SSSR count). The van der Waals surface area contributed by atoms with E-state index < -0.39 is 23.7 Å². The van der Waals surface area contributed by atoms with Crippen molar-refractivity contribution in [2.75, 3.05) is 13.2 Å². The first-order chi connectivity index (χ1) is 13.3. The maximum atomic E-state index is 12.5. The van der Waals surface area contributed by atoms with Gasteiger partial charge in [0.15, 0.2) is 6.29 Å². The van der Waals surface area contributed by atoms with Crippen molar-refractivity contribution in [3.63, 3.8) is 0 Å². The number of nitrogens with one attached hydrogen (secondary N) is 1. The Bertz CT molecular complexity index is 607. The summed E-state index contributed by atoms with van der Waals surface area (Å²) in [4.78, 5) is 24.6. The molecule has 1 aliphatic heterocycles. The molecule has 1 amide bonds. The van der Waals surface area contributed by atoms with Gasteiger partial charge in [0.1, 0.15) is 18.2 Å². The minimum Gasteiger partial charge on any atom is -0.459 e. The van der Waals surface area contributed by atoms with E-state index in [-0.39, 0.29) is 25.9 Å². The van der Waals surface area contributed by atoms with Gasteiger partial charge in [0.05, 0.1) is 6.61 Å². The van der Waals surface area contributed by atoms with Gasteiger partial charge >= 0.3 is 12.1 Å². The zero-order chi connectivity index (χ0) is 20.4. The molecule has 0 aromatic heterocycles. The van der Waals surface area contributed by atoms with Crippen LogP contribution < -0.4 is 5.32 Å². The zero-order valence-corrected chi connectivity index (χ0v) is 16.9. The Kier molecular flexibility index (Phi) is 8.73. The second-order valence-corrected chi connectivity index (χ2v) is 7.75. The number of alkyl carbamates (subject to hydrolysis) is 1. The fourth-order valence-corrected chi connectivity index (χ4v) is 2.69. The average Bonchev–Trinajstić information content (AvgIpc) is 2.65. The molecular formula is C21H31NO6. The van der Waals surface area contributed by atoms with E-state index in [4.69, 9.17) is 18.9 Å². The standard InChI is InChI=1S/C21H31NO6/c1-21(2,3)28-20(24)22-17(12-14-26-18-11-7-8-13-25-18)19(23)27-15-16-9-5-4-6-10-16/h4-6,9-10,17-18H,7-8,11-15H2,1-3H3,(H,22,24)/t17?,18-/m0/s1. The van der Waals surface area contributed by atoms with E-state index in [1.165, 1.54) is 0 Å². The molecule has 0 bridgehead atoms. The molecular weight excluding hydrogens is 362 g/mol. The van der Waals surface area contributed by atoms with E-state index in [1.54, 1.807) is 20.8 Å². The highest BCUT2D eigenvalue weighted by atomic mass is 16.7. The van der Waals surface area contributed by atoms with Crippen molar-refractivity contribution in [1.82, 2.24) is 5.32 Å². The quantitative estimate of drug-likeness (QED) is 0.680. The van der Waals surface area contributed by atoms with Gasteiger partial charge in [-0.1, -0.05) is 30.3 Å². The van der Waals surface area contributed by atoms with Gasteiger partial charge in [-0.2, -0.15) is 0 Å². The number of carbonyl (C=O) groups is 2. The zero-order valence-electron chi connectivity index (χ0n) is 16.9. The molecule has 0 aliphatic carbocycles. The summed E-state index contributed by atoms with van der Waals surface area (Å²) in [7, 11) is 0. The Morgan fingerprint density at radius 2 is 1.96 bits per heavy atom. The van der Waals surface area contributed by atoms with E-state index in [9.17, 15) is 9.59 Å². The lowest BCUT2D eigenvalue weighted by atomic mass is 10.2. The van der Waals surface area contributed by atoms with Crippen LogP contribution in [0.3, 0.4) is 0 Å². The number of hydrogen-bond acceptors (Lipinski definition) is 6. The fraction of sp³-hybridized carbons (Fsp3) is 0.619. The van der Waals surface area contributed by atoms with Crippen molar-refractivity contribution in [2.24, 2.45) is 0 Å². The summed E-state index contributed by atoms with van der Waals surface area (Å²) in [5.74, 6) is -0.525. The van der Waals surface area contributed by atoms with Crippen LogP contribution in [-0.4, -0.2) is 43.2 Å². The van der Waals surface area contributed by atoms with Crippen molar-refractivity contribution in [3.05, 3.63) is 35.9 Å². The molecule has 1 fully saturated rings. The first kappa shape index (κ1) is 22.2. The Labute approximate surface area is 166 Å². The largest absolute Gasteiger partial charge is 0.459 e. The number of ether oxygens (including phenoxy) is 4. The smallest absolute Gasteiger partial charge is 0.408 e. The third kappa shape index (κ3) is 8.71. The SMILES string of the molecule is CC(C)(C)OC(=O)NC(CCO[C@H]1CCCCO1)C(=O)OCc1ccccc1. The number of carbonyl (C=O) groups excluding carboxylic acids is 2. The molecule has 0 saturated carbocycles. The minimum atomic E-state index is -0.859. The van der Waals surface area contributed by atoms with Gasteiger partial charge in [-0.25, -0.2) is 9.59 Å². The summed E-state index contributed by atoms with van der Waals surface area (Å²) >= 11 is 0. The van der Waals surface area contributed by atoms with Crippen molar-refractivity contribution in [2.45, 2.75) is 71.0 Å². The predicted octanol–water partition coefficient (Wildman–Crippen LogP) is 3.56. The Morgan fingerprint density at radius 1 is 1.21 bits per heavy atom. The van der Waals surface area contributed by atoms with Crippen LogP contribution in [0.2, 0.25) is 0 Å². The van der Waals surface area contributed by atoms with Crippen molar-refractivity contribution >= 4 is 12.1 Å². The second-order valence-electron chi connectivity index (χ2n) is 7.75. The lowest BCUT2D eigenvalue weighted by Crippen LogP contribution is -2.45. The molecule has 1 saturated heterocycles. The van der Waals surface area contributed by atoms with E-state index in [0.717, 1.165) is 24.8 Å². The lowest BCUT2D eigenvalue weighted by molar-refractivity contribution is -0.166. The van der Waals surface area contributed by atoms with Crippen LogP contribution >= 0.6 is 0 Å². The number of benzene rings is 1. The first-order valence-electron chi connectivity index (χ1n) is 9.77. The molecule has 7 nitrogen and oxygen atoms in total. The van der Waals surface area contributed by atoms with Crippen molar-refractivity contribution in [1.29, 1.82) is 0 Å². The third-order valence-electron chi connectivity index (χ3n) is 4.05. The van der Waals surface area contributed by atoms with Crippen LogP contribution in [0, 0.1) is 0 Å². The summed E-state index contributed by atoms with van der Waals surface area (Å²) in [5, 5.41) is 2.59. The summed E-state index contributed by atoms with van der Waals surface area (Å²) in [6.07, 6.45) is 2.28. The molecule has 2 atom stereocenters. The molecule has 1 N–H and O–H groups in total. The number of esters is 1. The number of amides is 1. The molecule has 1 aliphatic rings. The topological polar surface area (TPSA) is 83.1 Å². The van der Waals surface area contributed by atoms with Crippen LogP contribution in [0.4, 0.5) is 4.79 Å². The summed E-state index contributed by atoms with van der Waals surface area (Å²) < 4.78 is 21.8. The van der Waals surface area contributed by atoms with Crippen LogP contribution in [-0.2, 0) is 30.3 Å². The Morgan fingerprint density at radius 3 is 2.61 bits per heavy atom. The first-order valence-corrected chi connectivity index (χ1v) is 9.77. The van der Waals surface area contributed by atoms with Gasteiger partial charge in [-0.15, -0.1) is 0 Å². The summed E-state index contributed by atoms with van der Waals surface area (Å²) in [6, 6.07) is 8.51. The predicted molar refractivity (Wildman–Crippen MR) is 104 cm³/mol. The van der Waals surface area contributed by atoms with Gasteiger partial charge in [-0.3, -0.25) is 0 Å². The molecule has 1 unspecified atom stereocenters. The maximum Gasteiger partial charge on any atom is 0.408 e. The van der Waals surface area contributed by atoms with Gasteiger partial charge in [0.25, 0.3) is 0 Å². The highest BCUT2D eigenvalue weighted by Crippen LogP contribution is 2.14. The minimum absolute atomic E-state index is 0.138. The third-order valence-corrected chi connectivity index (χ3v) is 4.05. The van der Waals surface area contributed by atoms with Crippen LogP contribution in [0.15, 0.2) is 30.3 Å². The van der Waals surface area contributed by atoms with E-state index >= 15 is 0 Å². The molecule has 1 aromatic rings. The molecule has 1 heterocycles. The lowest BCUT2D eigenvalue weighted by Gasteiger charge is -2.25. The molecule has 7 heteroatoms. The molecule has 28 heavy (non-hydrogen) atoms. The summed E-state index contributed by atoms with van der Waals surface area (Å²) in [5.41, 5.74) is 0.216. The van der Waals surface area contributed by atoms with E-state index in [0.29, 0.717) is 6.61 Å². The highest BCUT2D eigenvalue weighted by molar-refractivity contribution is 5.81. The monoisotopic (exact) mass is 393 g/mol. The Balaban J connectivity index is 1.87. The number of hydrogen-bond donors (Lipinski definition) is 1. The maximum absolute atomic E-state index is 12.5. The van der Waals surface area contributed by atoms with Crippen molar-refractivity contribution in [3.8, 4) is 0 Å². The number of rotatable bonds is 8. The van der Waals surface area contributed by atoms with Crippen LogP contribution in [0.25, 0.3) is 0 Å². The normalized spacial score (nSPS) is 18.2. The van der Waals surface area contributed by atoms with E-state index in [2.05, 4.69) is 5.32 Å². The van der Waals surface area contributed by atoms with Crippen molar-refractivity contribution < 1.29 is 28.5 Å².